The average molecular weight is 326 g/mol. The van der Waals surface area contributed by atoms with Gasteiger partial charge in [0.2, 0.25) is 0 Å². The van der Waals surface area contributed by atoms with E-state index in [2.05, 4.69) is 41.5 Å². The molecular weight excluding hydrogens is 306 g/mol. The van der Waals surface area contributed by atoms with E-state index in [1.54, 1.807) is 0 Å². The summed E-state index contributed by atoms with van der Waals surface area (Å²) in [5.41, 5.74) is 4.64. The van der Waals surface area contributed by atoms with E-state index in [4.69, 9.17) is 11.6 Å². The third-order valence-electron chi connectivity index (χ3n) is 4.04. The fourth-order valence-electron chi connectivity index (χ4n) is 2.69. The highest BCUT2D eigenvalue weighted by Gasteiger charge is 2.11. The lowest BCUT2D eigenvalue weighted by molar-refractivity contribution is 0.648. The third-order valence-corrected chi connectivity index (χ3v) is 4.46. The normalized spacial score (nSPS) is 12.3. The molecule has 1 heterocycles. The SMILES string of the molecule is Cc1cc(C(C)Cc2cn(Cc3ccccc3)nn2)ccc1Cl. The van der Waals surface area contributed by atoms with E-state index >= 15 is 0 Å². The molecule has 0 radical (unpaired) electrons. The Kier molecular flexibility index (Phi) is 4.77. The van der Waals surface area contributed by atoms with Crippen LogP contribution in [0, 0.1) is 6.92 Å². The molecule has 0 saturated carbocycles. The minimum atomic E-state index is 0.382. The van der Waals surface area contributed by atoms with Gasteiger partial charge in [-0.1, -0.05) is 66.2 Å². The van der Waals surface area contributed by atoms with Crippen LogP contribution >= 0.6 is 11.6 Å². The van der Waals surface area contributed by atoms with E-state index in [1.165, 1.54) is 11.1 Å². The van der Waals surface area contributed by atoms with Crippen molar-refractivity contribution in [1.82, 2.24) is 15.0 Å². The first kappa shape index (κ1) is 15.8. The molecule has 1 atom stereocenters. The van der Waals surface area contributed by atoms with Crippen LogP contribution in [0.25, 0.3) is 0 Å². The van der Waals surface area contributed by atoms with Crippen molar-refractivity contribution < 1.29 is 0 Å². The van der Waals surface area contributed by atoms with Crippen LogP contribution in [0.5, 0.6) is 0 Å². The van der Waals surface area contributed by atoms with Gasteiger partial charge in [-0.2, -0.15) is 0 Å². The van der Waals surface area contributed by atoms with Gasteiger partial charge >= 0.3 is 0 Å². The molecule has 118 valence electrons. The van der Waals surface area contributed by atoms with Crippen LogP contribution in [0.15, 0.2) is 54.7 Å². The molecule has 0 N–H and O–H groups in total. The van der Waals surface area contributed by atoms with Crippen LogP contribution in [0.4, 0.5) is 0 Å². The predicted molar refractivity (Wildman–Crippen MR) is 93.9 cm³/mol. The maximum atomic E-state index is 6.10. The number of benzene rings is 2. The van der Waals surface area contributed by atoms with Gasteiger partial charge in [-0.05, 0) is 42.0 Å². The quantitative estimate of drug-likeness (QED) is 0.684. The molecule has 0 saturated heterocycles. The van der Waals surface area contributed by atoms with E-state index in [0.717, 1.165) is 29.2 Å². The topological polar surface area (TPSA) is 30.7 Å². The first-order valence-electron chi connectivity index (χ1n) is 7.81. The zero-order valence-electron chi connectivity index (χ0n) is 13.4. The van der Waals surface area contributed by atoms with Crippen molar-refractivity contribution in [3.8, 4) is 0 Å². The predicted octanol–water partition coefficient (Wildman–Crippen LogP) is 4.63. The summed E-state index contributed by atoms with van der Waals surface area (Å²) in [4.78, 5) is 0. The van der Waals surface area contributed by atoms with Crippen molar-refractivity contribution in [2.75, 3.05) is 0 Å². The number of hydrogen-bond donors (Lipinski definition) is 0. The van der Waals surface area contributed by atoms with Crippen LogP contribution in [0.1, 0.15) is 35.2 Å². The maximum absolute atomic E-state index is 6.10. The highest BCUT2D eigenvalue weighted by atomic mass is 35.5. The van der Waals surface area contributed by atoms with E-state index in [9.17, 15) is 0 Å². The fourth-order valence-corrected chi connectivity index (χ4v) is 2.80. The Bertz CT molecular complexity index is 780. The molecule has 4 heteroatoms. The lowest BCUT2D eigenvalue weighted by atomic mass is 9.95. The summed E-state index contributed by atoms with van der Waals surface area (Å²) in [6, 6.07) is 16.5. The van der Waals surface area contributed by atoms with Gasteiger partial charge in [0.1, 0.15) is 0 Å². The first-order valence-corrected chi connectivity index (χ1v) is 8.18. The number of nitrogens with zero attached hydrogens (tertiary/aromatic N) is 3. The Morgan fingerprint density at radius 3 is 2.65 bits per heavy atom. The van der Waals surface area contributed by atoms with Crippen molar-refractivity contribution in [1.29, 1.82) is 0 Å². The molecule has 0 fully saturated rings. The molecule has 0 amide bonds. The minimum absolute atomic E-state index is 0.382. The standard InChI is InChI=1S/C19H20ClN3/c1-14(17-8-9-19(20)15(2)10-17)11-18-13-23(22-21-18)12-16-6-4-3-5-7-16/h3-10,13-14H,11-12H2,1-2H3. The van der Waals surface area contributed by atoms with Crippen LogP contribution < -0.4 is 0 Å². The molecule has 23 heavy (non-hydrogen) atoms. The van der Waals surface area contributed by atoms with Crippen LogP contribution in [-0.2, 0) is 13.0 Å². The van der Waals surface area contributed by atoms with Crippen LogP contribution in [0.3, 0.4) is 0 Å². The number of aromatic nitrogens is 3. The number of aryl methyl sites for hydroxylation is 1. The molecule has 3 rings (SSSR count). The van der Waals surface area contributed by atoms with Gasteiger partial charge in [0, 0.05) is 11.2 Å². The van der Waals surface area contributed by atoms with Crippen molar-refractivity contribution in [2.24, 2.45) is 0 Å². The largest absolute Gasteiger partial charge is 0.248 e. The minimum Gasteiger partial charge on any atom is -0.248 e. The van der Waals surface area contributed by atoms with E-state index in [-0.39, 0.29) is 0 Å². The van der Waals surface area contributed by atoms with E-state index in [1.807, 2.05) is 42.1 Å². The zero-order valence-corrected chi connectivity index (χ0v) is 14.2. The highest BCUT2D eigenvalue weighted by molar-refractivity contribution is 6.31. The van der Waals surface area contributed by atoms with E-state index in [0.29, 0.717) is 5.92 Å². The summed E-state index contributed by atoms with van der Waals surface area (Å²) in [5.74, 6) is 0.382. The molecule has 1 aromatic heterocycles. The van der Waals surface area contributed by atoms with Crippen molar-refractivity contribution in [2.45, 2.75) is 32.7 Å². The second kappa shape index (κ2) is 6.97. The Morgan fingerprint density at radius 1 is 1.13 bits per heavy atom. The molecule has 0 aliphatic heterocycles. The second-order valence-electron chi connectivity index (χ2n) is 6.01. The van der Waals surface area contributed by atoms with Gasteiger partial charge in [-0.15, -0.1) is 5.10 Å². The van der Waals surface area contributed by atoms with Crippen molar-refractivity contribution >= 4 is 11.6 Å². The van der Waals surface area contributed by atoms with Crippen LogP contribution in [-0.4, -0.2) is 15.0 Å². The number of hydrogen-bond acceptors (Lipinski definition) is 2. The summed E-state index contributed by atoms with van der Waals surface area (Å²) in [6.07, 6.45) is 2.90. The summed E-state index contributed by atoms with van der Waals surface area (Å²) >= 11 is 6.10. The monoisotopic (exact) mass is 325 g/mol. The molecule has 0 aliphatic rings. The van der Waals surface area contributed by atoms with Gasteiger partial charge < -0.3 is 0 Å². The molecule has 0 bridgehead atoms. The maximum Gasteiger partial charge on any atom is 0.0833 e. The molecular formula is C19H20ClN3. The molecule has 3 aromatic rings. The molecule has 0 spiro atoms. The average Bonchev–Trinajstić information content (AvgIpc) is 2.98. The van der Waals surface area contributed by atoms with Crippen molar-refractivity contribution in [3.63, 3.8) is 0 Å². The lowest BCUT2D eigenvalue weighted by Gasteiger charge is -2.11. The highest BCUT2D eigenvalue weighted by Crippen LogP contribution is 2.24. The van der Waals surface area contributed by atoms with Gasteiger partial charge in [-0.3, -0.25) is 0 Å². The first-order chi connectivity index (χ1) is 11.1. The Morgan fingerprint density at radius 2 is 1.91 bits per heavy atom. The van der Waals surface area contributed by atoms with Crippen molar-refractivity contribution in [3.05, 3.63) is 82.1 Å². The van der Waals surface area contributed by atoms with Gasteiger partial charge in [0.25, 0.3) is 0 Å². The van der Waals surface area contributed by atoms with Gasteiger partial charge in [0.15, 0.2) is 0 Å². The Balaban J connectivity index is 1.67. The Hall–Kier alpha value is -2.13. The summed E-state index contributed by atoms with van der Waals surface area (Å²) in [5, 5.41) is 9.35. The van der Waals surface area contributed by atoms with Crippen LogP contribution in [0.2, 0.25) is 5.02 Å². The molecule has 3 nitrogen and oxygen atoms in total. The molecule has 1 unspecified atom stereocenters. The summed E-state index contributed by atoms with van der Waals surface area (Å²) in [7, 11) is 0. The van der Waals surface area contributed by atoms with Gasteiger partial charge in [0.05, 0.1) is 12.2 Å². The summed E-state index contributed by atoms with van der Waals surface area (Å²) < 4.78 is 1.89. The lowest BCUT2D eigenvalue weighted by Crippen LogP contribution is -2.00. The van der Waals surface area contributed by atoms with Gasteiger partial charge in [-0.25, -0.2) is 4.68 Å². The number of rotatable bonds is 5. The summed E-state index contributed by atoms with van der Waals surface area (Å²) in [6.45, 7) is 5.00. The fraction of sp³-hybridized carbons (Fsp3) is 0.263. The second-order valence-corrected chi connectivity index (χ2v) is 6.41. The molecule has 2 aromatic carbocycles. The molecule has 0 aliphatic carbocycles. The third kappa shape index (κ3) is 3.99. The van der Waals surface area contributed by atoms with E-state index < -0.39 is 0 Å². The Labute approximate surface area is 141 Å². The smallest absolute Gasteiger partial charge is 0.0833 e. The zero-order chi connectivity index (χ0) is 16.2. The number of halogens is 1.